The fourth-order valence-corrected chi connectivity index (χ4v) is 2.55. The third kappa shape index (κ3) is 5.11. The van der Waals surface area contributed by atoms with Gasteiger partial charge in [0.1, 0.15) is 11.5 Å². The number of nitrogens with zero attached hydrogens (tertiary/aromatic N) is 1. The normalized spacial score (nSPS) is 10.9. The molecule has 0 saturated heterocycles. The summed E-state index contributed by atoms with van der Waals surface area (Å²) in [7, 11) is 4.08. The number of thiocarbonyl (C=S) groups is 1. The molecule has 0 aromatic heterocycles. The summed E-state index contributed by atoms with van der Waals surface area (Å²) in [5.41, 5.74) is -0.691. The van der Waals surface area contributed by atoms with Gasteiger partial charge in [0.2, 0.25) is 5.11 Å². The number of anilines is 1. The lowest BCUT2D eigenvalue weighted by atomic mass is 10.2. The fraction of sp³-hybridized carbons (Fsp3) is 0.222. The van der Waals surface area contributed by atoms with Crippen LogP contribution in [0.25, 0.3) is 0 Å². The van der Waals surface area contributed by atoms with E-state index in [0.717, 1.165) is 17.2 Å². The van der Waals surface area contributed by atoms with Gasteiger partial charge in [0, 0.05) is 11.6 Å². The number of rotatable bonds is 5. The lowest BCUT2D eigenvalue weighted by molar-refractivity contribution is -0.137. The van der Waals surface area contributed by atoms with Gasteiger partial charge in [-0.25, -0.2) is 0 Å². The lowest BCUT2D eigenvalue weighted by Crippen LogP contribution is -2.42. The first-order valence-electron chi connectivity index (χ1n) is 7.79. The van der Waals surface area contributed by atoms with Crippen LogP contribution in [0, 0.1) is 0 Å². The van der Waals surface area contributed by atoms with E-state index in [4.69, 9.17) is 26.5 Å². The zero-order valence-electron chi connectivity index (χ0n) is 15.2. The average Bonchev–Trinajstić information content (AvgIpc) is 2.67. The molecule has 6 nitrogen and oxygen atoms in total. The lowest BCUT2D eigenvalue weighted by Gasteiger charge is -2.23. The number of hydroxylamine groups is 1. The van der Waals surface area contributed by atoms with Gasteiger partial charge in [-0.15, -0.1) is 0 Å². The highest BCUT2D eigenvalue weighted by atomic mass is 32.1. The number of ether oxygens (including phenoxy) is 2. The molecular weight excluding hydrogens is 397 g/mol. The van der Waals surface area contributed by atoms with Gasteiger partial charge in [-0.2, -0.15) is 18.2 Å². The molecule has 150 valence electrons. The summed E-state index contributed by atoms with van der Waals surface area (Å²) in [5, 5.41) is 3.07. The molecule has 0 heterocycles. The number of methoxy groups -OCH3 is 2. The first kappa shape index (κ1) is 21.5. The zero-order valence-corrected chi connectivity index (χ0v) is 16.0. The van der Waals surface area contributed by atoms with Crippen molar-refractivity contribution < 1.29 is 32.3 Å². The SMILES string of the molecule is COc1cc(OC)cc(C(=O)NC(=S)N(OC)c2cccc(C(F)(F)F)c2)c1. The average molecular weight is 414 g/mol. The van der Waals surface area contributed by atoms with Crippen LogP contribution in [0.3, 0.4) is 0 Å². The standard InChI is InChI=1S/C18H17F3N2O4S/c1-25-14-7-11(8-15(10-14)26-2)16(24)22-17(28)23(27-3)13-6-4-5-12(9-13)18(19,20)21/h4-10H,1-3H3,(H,22,24,28). The Morgan fingerprint density at radius 3 is 2.14 bits per heavy atom. The van der Waals surface area contributed by atoms with Crippen molar-refractivity contribution in [1.29, 1.82) is 0 Å². The third-order valence-corrected chi connectivity index (χ3v) is 3.88. The number of benzene rings is 2. The van der Waals surface area contributed by atoms with Crippen LogP contribution < -0.4 is 19.9 Å². The van der Waals surface area contributed by atoms with Crippen LogP contribution in [0.5, 0.6) is 11.5 Å². The first-order valence-corrected chi connectivity index (χ1v) is 8.20. The van der Waals surface area contributed by atoms with E-state index in [0.29, 0.717) is 11.5 Å². The number of alkyl halides is 3. The van der Waals surface area contributed by atoms with Crippen molar-refractivity contribution in [2.75, 3.05) is 26.4 Å². The van der Waals surface area contributed by atoms with E-state index in [1.165, 1.54) is 45.6 Å². The molecule has 2 aromatic carbocycles. The molecule has 0 saturated carbocycles. The predicted octanol–water partition coefficient (Wildman–Crippen LogP) is 3.81. The Labute approximate surface area is 164 Å². The van der Waals surface area contributed by atoms with Crippen molar-refractivity contribution in [2.24, 2.45) is 0 Å². The summed E-state index contributed by atoms with van der Waals surface area (Å²) >= 11 is 5.12. The van der Waals surface area contributed by atoms with Gasteiger partial charge >= 0.3 is 6.18 Å². The quantitative estimate of drug-likeness (QED) is 0.593. The monoisotopic (exact) mass is 414 g/mol. The van der Waals surface area contributed by atoms with Crippen LogP contribution in [0.4, 0.5) is 18.9 Å². The molecule has 0 spiro atoms. The minimum absolute atomic E-state index is 0.00541. The van der Waals surface area contributed by atoms with Crippen molar-refractivity contribution in [3.8, 4) is 11.5 Å². The Hall–Kier alpha value is -2.85. The van der Waals surface area contributed by atoms with Gasteiger partial charge in [0.05, 0.1) is 32.6 Å². The Morgan fingerprint density at radius 2 is 1.64 bits per heavy atom. The second-order valence-electron chi connectivity index (χ2n) is 5.39. The maximum Gasteiger partial charge on any atom is 0.416 e. The van der Waals surface area contributed by atoms with Crippen LogP contribution in [0.1, 0.15) is 15.9 Å². The molecule has 0 bridgehead atoms. The number of carbonyl (C=O) groups excluding carboxylic acids is 1. The van der Waals surface area contributed by atoms with E-state index in [1.54, 1.807) is 6.07 Å². The molecule has 2 rings (SSSR count). The van der Waals surface area contributed by atoms with Crippen molar-refractivity contribution in [3.63, 3.8) is 0 Å². The maximum absolute atomic E-state index is 12.9. The van der Waals surface area contributed by atoms with Crippen molar-refractivity contribution in [3.05, 3.63) is 53.6 Å². The smallest absolute Gasteiger partial charge is 0.416 e. The molecule has 0 atom stereocenters. The minimum Gasteiger partial charge on any atom is -0.497 e. The molecule has 0 aliphatic carbocycles. The highest BCUT2D eigenvalue weighted by Gasteiger charge is 2.31. The van der Waals surface area contributed by atoms with Gasteiger partial charge < -0.3 is 9.47 Å². The maximum atomic E-state index is 12.9. The Morgan fingerprint density at radius 1 is 1.04 bits per heavy atom. The van der Waals surface area contributed by atoms with E-state index in [1.807, 2.05) is 0 Å². The molecule has 0 unspecified atom stereocenters. The van der Waals surface area contributed by atoms with E-state index in [-0.39, 0.29) is 16.4 Å². The highest BCUT2D eigenvalue weighted by molar-refractivity contribution is 7.80. The molecule has 0 aliphatic heterocycles. The van der Waals surface area contributed by atoms with Gasteiger partial charge in [0.25, 0.3) is 5.91 Å². The van der Waals surface area contributed by atoms with Crippen LogP contribution in [0.2, 0.25) is 0 Å². The number of hydrogen-bond acceptors (Lipinski definition) is 5. The molecule has 10 heteroatoms. The van der Waals surface area contributed by atoms with Crippen molar-refractivity contribution >= 4 is 28.9 Å². The Kier molecular flexibility index (Phi) is 6.81. The van der Waals surface area contributed by atoms with Crippen molar-refractivity contribution in [1.82, 2.24) is 5.32 Å². The van der Waals surface area contributed by atoms with Crippen LogP contribution in [-0.4, -0.2) is 32.3 Å². The van der Waals surface area contributed by atoms with Gasteiger partial charge in [-0.3, -0.25) is 14.9 Å². The summed E-state index contributed by atoms with van der Waals surface area (Å²) in [6, 6.07) is 8.86. The van der Waals surface area contributed by atoms with Gasteiger partial charge in [-0.05, 0) is 42.5 Å². The molecule has 1 amide bonds. The van der Waals surface area contributed by atoms with E-state index >= 15 is 0 Å². The van der Waals surface area contributed by atoms with E-state index < -0.39 is 17.6 Å². The van der Waals surface area contributed by atoms with Crippen LogP contribution >= 0.6 is 12.2 Å². The largest absolute Gasteiger partial charge is 0.497 e. The van der Waals surface area contributed by atoms with Gasteiger partial charge in [0.15, 0.2) is 0 Å². The summed E-state index contributed by atoms with van der Waals surface area (Å²) in [6.07, 6.45) is -4.53. The molecule has 28 heavy (non-hydrogen) atoms. The van der Waals surface area contributed by atoms with Crippen LogP contribution in [0.15, 0.2) is 42.5 Å². The molecular formula is C18H17F3N2O4S. The fourth-order valence-electron chi connectivity index (χ4n) is 2.27. The van der Waals surface area contributed by atoms with E-state index in [2.05, 4.69) is 5.32 Å². The third-order valence-electron chi connectivity index (χ3n) is 3.61. The second kappa shape index (κ2) is 8.89. The predicted molar refractivity (Wildman–Crippen MR) is 101 cm³/mol. The zero-order chi connectivity index (χ0) is 20.9. The molecule has 2 aromatic rings. The van der Waals surface area contributed by atoms with Crippen molar-refractivity contribution in [2.45, 2.75) is 6.18 Å². The first-order chi connectivity index (χ1) is 13.2. The summed E-state index contributed by atoms with van der Waals surface area (Å²) < 4.78 is 49.0. The number of amides is 1. The Bertz CT molecular complexity index is 852. The molecule has 0 radical (unpaired) electrons. The van der Waals surface area contributed by atoms with Crippen LogP contribution in [-0.2, 0) is 11.0 Å². The second-order valence-corrected chi connectivity index (χ2v) is 5.77. The Balaban J connectivity index is 2.24. The van der Waals surface area contributed by atoms with Gasteiger partial charge in [-0.1, -0.05) is 6.07 Å². The molecule has 0 aliphatic rings. The number of hydrogen-bond donors (Lipinski definition) is 1. The number of nitrogens with one attached hydrogen (secondary N) is 1. The highest BCUT2D eigenvalue weighted by Crippen LogP contribution is 2.31. The topological polar surface area (TPSA) is 60.0 Å². The van der Waals surface area contributed by atoms with E-state index in [9.17, 15) is 18.0 Å². The summed E-state index contributed by atoms with van der Waals surface area (Å²) in [4.78, 5) is 17.6. The summed E-state index contributed by atoms with van der Waals surface area (Å²) in [6.45, 7) is 0. The number of halogens is 3. The molecule has 0 fully saturated rings. The summed E-state index contributed by atoms with van der Waals surface area (Å²) in [5.74, 6) is 0.157. The molecule has 1 N–H and O–H groups in total. The number of carbonyl (C=O) groups is 1. The minimum atomic E-state index is -4.53.